The van der Waals surface area contributed by atoms with Crippen LogP contribution in [0.25, 0.3) is 11.4 Å². The van der Waals surface area contributed by atoms with Gasteiger partial charge in [0.2, 0.25) is 0 Å². The first-order valence-electron chi connectivity index (χ1n) is 7.51. The summed E-state index contributed by atoms with van der Waals surface area (Å²) in [5.41, 5.74) is 3.25. The molecule has 0 atom stereocenters. The van der Waals surface area contributed by atoms with Crippen LogP contribution in [0.4, 0.5) is 0 Å². The molecule has 2 N–H and O–H groups in total. The third kappa shape index (κ3) is 2.02. The zero-order chi connectivity index (χ0) is 16.7. The van der Waals surface area contributed by atoms with Crippen molar-refractivity contribution in [3.8, 4) is 5.75 Å². The van der Waals surface area contributed by atoms with Crippen molar-refractivity contribution in [2.45, 2.75) is 0 Å². The fourth-order valence-corrected chi connectivity index (χ4v) is 3.06. The highest BCUT2D eigenvalue weighted by Gasteiger charge is 2.41. The van der Waals surface area contributed by atoms with Gasteiger partial charge in [-0.2, -0.15) is 0 Å². The van der Waals surface area contributed by atoms with Crippen molar-refractivity contribution < 1.29 is 14.3 Å². The van der Waals surface area contributed by atoms with Crippen LogP contribution in [0.3, 0.4) is 0 Å². The molecule has 2 heterocycles. The third-order valence-electron chi connectivity index (χ3n) is 4.12. The smallest absolute Gasteiger partial charge is 0.258 e. The minimum absolute atomic E-state index is 0.289. The van der Waals surface area contributed by atoms with Gasteiger partial charge in [-0.25, -0.2) is 0 Å². The summed E-state index contributed by atoms with van der Waals surface area (Å²) in [4.78, 5) is 25.0. The summed E-state index contributed by atoms with van der Waals surface area (Å²) in [5, 5.41) is 5.64. The molecule has 0 aliphatic carbocycles. The van der Waals surface area contributed by atoms with E-state index in [0.29, 0.717) is 33.9 Å². The number of benzene rings is 2. The Bertz CT molecular complexity index is 927. The molecule has 0 aromatic heterocycles. The lowest BCUT2D eigenvalue weighted by atomic mass is 10.0. The predicted octanol–water partition coefficient (Wildman–Crippen LogP) is 2.08. The summed E-state index contributed by atoms with van der Waals surface area (Å²) in [7, 11) is 1.56. The normalized spacial score (nSPS) is 16.2. The Morgan fingerprint density at radius 1 is 0.750 bits per heavy atom. The molecule has 4 rings (SSSR count). The molecule has 0 saturated carbocycles. The standard InChI is InChI=1S/C19H14N2O3/c1-24-13-10-6-5-9-12(13)17-15-14(18(22)21-17)16(20-19(15)23)11-7-3-2-4-8-11/h2-10H,1H3,(H,20,23)(H,21,22). The van der Waals surface area contributed by atoms with Crippen molar-refractivity contribution in [2.75, 3.05) is 7.11 Å². The second-order valence-electron chi connectivity index (χ2n) is 5.47. The average molecular weight is 318 g/mol. The van der Waals surface area contributed by atoms with E-state index in [1.165, 1.54) is 0 Å². The molecule has 0 spiro atoms. The molecule has 2 aliphatic heterocycles. The summed E-state index contributed by atoms with van der Waals surface area (Å²) in [5.74, 6) is 0.0220. The van der Waals surface area contributed by atoms with E-state index in [1.54, 1.807) is 13.2 Å². The number of nitrogens with one attached hydrogen (secondary N) is 2. The minimum Gasteiger partial charge on any atom is -0.496 e. The molecule has 0 bridgehead atoms. The number of rotatable bonds is 3. The number of carbonyl (C=O) groups is 2. The maximum Gasteiger partial charge on any atom is 0.258 e. The molecule has 5 heteroatoms. The molecular weight excluding hydrogens is 304 g/mol. The fraction of sp³-hybridized carbons (Fsp3) is 0.0526. The number of fused-ring (bicyclic) bond motifs is 1. The van der Waals surface area contributed by atoms with Gasteiger partial charge in [-0.3, -0.25) is 9.59 Å². The first-order chi connectivity index (χ1) is 11.7. The van der Waals surface area contributed by atoms with Crippen LogP contribution in [0.2, 0.25) is 0 Å². The van der Waals surface area contributed by atoms with Gasteiger partial charge in [0, 0.05) is 5.56 Å². The fourth-order valence-electron chi connectivity index (χ4n) is 3.06. The largest absolute Gasteiger partial charge is 0.496 e. The monoisotopic (exact) mass is 318 g/mol. The van der Waals surface area contributed by atoms with Gasteiger partial charge in [0.15, 0.2) is 0 Å². The van der Waals surface area contributed by atoms with Gasteiger partial charge >= 0.3 is 0 Å². The van der Waals surface area contributed by atoms with Gasteiger partial charge in [-0.1, -0.05) is 42.5 Å². The number of hydrogen-bond acceptors (Lipinski definition) is 3. The molecule has 0 saturated heterocycles. The lowest BCUT2D eigenvalue weighted by Crippen LogP contribution is -2.21. The number of para-hydroxylation sites is 1. The SMILES string of the molecule is COc1ccccc1C1=C2C(=O)NC(c3ccccc3)=C2C(=O)N1. The first kappa shape index (κ1) is 14.3. The van der Waals surface area contributed by atoms with Crippen molar-refractivity contribution in [3.05, 3.63) is 76.9 Å². The van der Waals surface area contributed by atoms with Gasteiger partial charge in [0.25, 0.3) is 11.8 Å². The van der Waals surface area contributed by atoms with Crippen LogP contribution in [-0.4, -0.2) is 18.9 Å². The van der Waals surface area contributed by atoms with Crippen molar-refractivity contribution in [1.29, 1.82) is 0 Å². The van der Waals surface area contributed by atoms with Gasteiger partial charge < -0.3 is 15.4 Å². The van der Waals surface area contributed by atoms with Gasteiger partial charge in [0.1, 0.15) is 5.75 Å². The summed E-state index contributed by atoms with van der Waals surface area (Å²) in [6, 6.07) is 16.6. The predicted molar refractivity (Wildman–Crippen MR) is 89.6 cm³/mol. The van der Waals surface area contributed by atoms with E-state index in [4.69, 9.17) is 4.74 Å². The quantitative estimate of drug-likeness (QED) is 0.910. The number of methoxy groups -OCH3 is 1. The van der Waals surface area contributed by atoms with Crippen LogP contribution >= 0.6 is 0 Å². The Labute approximate surface area is 138 Å². The molecular formula is C19H14N2O3. The van der Waals surface area contributed by atoms with Crippen LogP contribution in [-0.2, 0) is 9.59 Å². The maximum absolute atomic E-state index is 12.5. The van der Waals surface area contributed by atoms with E-state index < -0.39 is 0 Å². The van der Waals surface area contributed by atoms with E-state index in [2.05, 4.69) is 10.6 Å². The molecule has 2 aromatic carbocycles. The zero-order valence-corrected chi connectivity index (χ0v) is 12.9. The molecule has 118 valence electrons. The lowest BCUT2D eigenvalue weighted by molar-refractivity contribution is -0.117. The van der Waals surface area contributed by atoms with Gasteiger partial charge in [-0.15, -0.1) is 0 Å². The first-order valence-corrected chi connectivity index (χ1v) is 7.51. The summed E-state index contributed by atoms with van der Waals surface area (Å²) < 4.78 is 5.35. The maximum atomic E-state index is 12.5. The zero-order valence-electron chi connectivity index (χ0n) is 12.9. The number of ether oxygens (including phenoxy) is 1. The Balaban J connectivity index is 1.94. The van der Waals surface area contributed by atoms with Crippen LogP contribution in [0.1, 0.15) is 11.1 Å². The van der Waals surface area contributed by atoms with E-state index in [0.717, 1.165) is 5.56 Å². The van der Waals surface area contributed by atoms with Crippen LogP contribution in [0, 0.1) is 0 Å². The van der Waals surface area contributed by atoms with Crippen LogP contribution < -0.4 is 15.4 Å². The van der Waals surface area contributed by atoms with Crippen LogP contribution in [0.15, 0.2) is 65.7 Å². The Morgan fingerprint density at radius 3 is 2.04 bits per heavy atom. The molecule has 0 radical (unpaired) electrons. The molecule has 2 amide bonds. The van der Waals surface area contributed by atoms with Crippen molar-refractivity contribution >= 4 is 23.2 Å². The molecule has 2 aliphatic rings. The Hall–Kier alpha value is -3.34. The summed E-state index contributed by atoms with van der Waals surface area (Å²) in [6.45, 7) is 0. The summed E-state index contributed by atoms with van der Waals surface area (Å²) >= 11 is 0. The van der Waals surface area contributed by atoms with Gasteiger partial charge in [-0.05, 0) is 17.7 Å². The van der Waals surface area contributed by atoms with E-state index in [-0.39, 0.29) is 11.8 Å². The van der Waals surface area contributed by atoms with Gasteiger partial charge in [0.05, 0.1) is 29.7 Å². The molecule has 2 aromatic rings. The highest BCUT2D eigenvalue weighted by atomic mass is 16.5. The third-order valence-corrected chi connectivity index (χ3v) is 4.12. The second kappa shape index (κ2) is 5.38. The Kier molecular flexibility index (Phi) is 3.20. The average Bonchev–Trinajstić information content (AvgIpc) is 3.14. The molecule has 0 fully saturated rings. The minimum atomic E-state index is -0.289. The molecule has 5 nitrogen and oxygen atoms in total. The Morgan fingerprint density at radius 2 is 1.33 bits per heavy atom. The lowest BCUT2D eigenvalue weighted by Gasteiger charge is -2.10. The van der Waals surface area contributed by atoms with E-state index in [1.807, 2.05) is 48.5 Å². The topological polar surface area (TPSA) is 67.4 Å². The van der Waals surface area contributed by atoms with E-state index >= 15 is 0 Å². The van der Waals surface area contributed by atoms with Crippen molar-refractivity contribution in [1.82, 2.24) is 10.6 Å². The number of hydrogen-bond donors (Lipinski definition) is 2. The second-order valence-corrected chi connectivity index (χ2v) is 5.47. The van der Waals surface area contributed by atoms with E-state index in [9.17, 15) is 9.59 Å². The highest BCUT2D eigenvalue weighted by molar-refractivity contribution is 6.30. The van der Waals surface area contributed by atoms with Crippen molar-refractivity contribution in [3.63, 3.8) is 0 Å². The highest BCUT2D eigenvalue weighted by Crippen LogP contribution is 2.39. The van der Waals surface area contributed by atoms with Crippen molar-refractivity contribution in [2.24, 2.45) is 0 Å². The van der Waals surface area contributed by atoms with Crippen LogP contribution in [0.5, 0.6) is 5.75 Å². The number of carbonyl (C=O) groups excluding carboxylic acids is 2. The summed E-state index contributed by atoms with van der Waals surface area (Å²) in [6.07, 6.45) is 0. The number of amides is 2. The molecule has 24 heavy (non-hydrogen) atoms. The molecule has 0 unspecified atom stereocenters.